The zero-order valence-corrected chi connectivity index (χ0v) is 20.3. The molecule has 0 aliphatic carbocycles. The zero-order valence-electron chi connectivity index (χ0n) is 20.3. The van der Waals surface area contributed by atoms with Gasteiger partial charge < -0.3 is 19.9 Å². The van der Waals surface area contributed by atoms with Crippen molar-refractivity contribution >= 4 is 17.7 Å². The molecule has 0 saturated heterocycles. The minimum Gasteiger partial charge on any atom is -0.454 e. The number of hydrogen-bond donors (Lipinski definition) is 2. The van der Waals surface area contributed by atoms with E-state index in [1.807, 2.05) is 30.3 Å². The van der Waals surface area contributed by atoms with Gasteiger partial charge in [0.2, 0.25) is 12.7 Å². The average molecular weight is 452 g/mol. The number of fused-ring (bicyclic) bond motifs is 1. The van der Waals surface area contributed by atoms with Crippen LogP contribution in [0.25, 0.3) is 6.08 Å². The molecule has 2 aromatic carbocycles. The van der Waals surface area contributed by atoms with Crippen molar-refractivity contribution in [2.45, 2.75) is 71.1 Å². The Kier molecular flexibility index (Phi) is 8.56. The molecule has 1 aliphatic heterocycles. The molecule has 178 valence electrons. The van der Waals surface area contributed by atoms with Gasteiger partial charge in [0.15, 0.2) is 11.5 Å². The van der Waals surface area contributed by atoms with Gasteiger partial charge in [-0.15, -0.1) is 0 Å². The molecule has 33 heavy (non-hydrogen) atoms. The van der Waals surface area contributed by atoms with Crippen LogP contribution in [0.4, 0.5) is 5.69 Å². The van der Waals surface area contributed by atoms with Crippen LogP contribution in [0.3, 0.4) is 0 Å². The van der Waals surface area contributed by atoms with Crippen molar-refractivity contribution in [3.63, 3.8) is 0 Å². The standard InChI is InChI=1S/C28H37NO4/c1-5-6-7-11-21(22-12-8-13-25-27(22)33-19-32-25)18-26(31)29-24-17-20(10-9-16-30)14-15-23(24)28(2,3)4/h8-10,12-15,17,21,30H,5-7,11,16,18-19H2,1-4H3,(H,29,31)/b10-9+. The lowest BCUT2D eigenvalue weighted by Crippen LogP contribution is -2.20. The van der Waals surface area contributed by atoms with E-state index in [9.17, 15) is 4.79 Å². The number of para-hydroxylation sites is 1. The van der Waals surface area contributed by atoms with E-state index in [0.717, 1.165) is 59.6 Å². The monoisotopic (exact) mass is 451 g/mol. The highest BCUT2D eigenvalue weighted by molar-refractivity contribution is 5.92. The van der Waals surface area contributed by atoms with Gasteiger partial charge in [-0.3, -0.25) is 4.79 Å². The molecule has 2 aromatic rings. The number of aliphatic hydroxyl groups excluding tert-OH is 1. The van der Waals surface area contributed by atoms with Crippen LogP contribution in [0.15, 0.2) is 42.5 Å². The van der Waals surface area contributed by atoms with Gasteiger partial charge in [0.05, 0.1) is 6.61 Å². The van der Waals surface area contributed by atoms with Crippen LogP contribution >= 0.6 is 0 Å². The summed E-state index contributed by atoms with van der Waals surface area (Å²) in [5.41, 5.74) is 3.77. The number of carbonyl (C=O) groups excluding carboxylic acids is 1. The van der Waals surface area contributed by atoms with E-state index in [4.69, 9.17) is 14.6 Å². The van der Waals surface area contributed by atoms with Gasteiger partial charge in [-0.1, -0.05) is 83.4 Å². The Hall–Kier alpha value is -2.79. The molecule has 0 fully saturated rings. The fourth-order valence-corrected chi connectivity index (χ4v) is 4.32. The first-order chi connectivity index (χ1) is 15.8. The largest absolute Gasteiger partial charge is 0.454 e. The quantitative estimate of drug-likeness (QED) is 0.410. The Morgan fingerprint density at radius 2 is 2.00 bits per heavy atom. The molecule has 5 nitrogen and oxygen atoms in total. The van der Waals surface area contributed by atoms with Crippen molar-refractivity contribution < 1.29 is 19.4 Å². The second-order valence-corrected chi connectivity index (χ2v) is 9.67. The van der Waals surface area contributed by atoms with E-state index in [-0.39, 0.29) is 30.6 Å². The van der Waals surface area contributed by atoms with Gasteiger partial charge in [-0.05, 0) is 41.0 Å². The average Bonchev–Trinajstić information content (AvgIpc) is 3.25. The summed E-state index contributed by atoms with van der Waals surface area (Å²) in [4.78, 5) is 13.3. The Morgan fingerprint density at radius 3 is 2.73 bits per heavy atom. The highest BCUT2D eigenvalue weighted by Crippen LogP contribution is 2.42. The summed E-state index contributed by atoms with van der Waals surface area (Å²) >= 11 is 0. The summed E-state index contributed by atoms with van der Waals surface area (Å²) in [5, 5.41) is 12.3. The lowest BCUT2D eigenvalue weighted by atomic mass is 9.84. The molecule has 0 spiro atoms. The Bertz CT molecular complexity index is 974. The SMILES string of the molecule is CCCCCC(CC(=O)Nc1cc(/C=C/CO)ccc1C(C)(C)C)c1cccc2c1OCO2. The van der Waals surface area contributed by atoms with E-state index in [1.165, 1.54) is 0 Å². The lowest BCUT2D eigenvalue weighted by molar-refractivity contribution is -0.116. The van der Waals surface area contributed by atoms with E-state index < -0.39 is 0 Å². The minimum absolute atomic E-state index is 0.0122. The van der Waals surface area contributed by atoms with Crippen molar-refractivity contribution in [1.29, 1.82) is 0 Å². The van der Waals surface area contributed by atoms with E-state index in [0.29, 0.717) is 6.42 Å². The summed E-state index contributed by atoms with van der Waals surface area (Å²) in [6.45, 7) is 8.81. The second-order valence-electron chi connectivity index (χ2n) is 9.67. The normalized spacial score (nSPS) is 14.0. The van der Waals surface area contributed by atoms with E-state index >= 15 is 0 Å². The first kappa shape index (κ1) is 24.8. The fraction of sp³-hybridized carbons (Fsp3) is 0.464. The van der Waals surface area contributed by atoms with Gasteiger partial charge in [-0.25, -0.2) is 0 Å². The maximum absolute atomic E-state index is 13.3. The van der Waals surface area contributed by atoms with Crippen LogP contribution in [0.1, 0.15) is 82.4 Å². The molecule has 1 heterocycles. The third-order valence-electron chi connectivity index (χ3n) is 6.00. The van der Waals surface area contributed by atoms with E-state index in [1.54, 1.807) is 6.08 Å². The summed E-state index contributed by atoms with van der Waals surface area (Å²) in [6, 6.07) is 12.0. The predicted molar refractivity (Wildman–Crippen MR) is 134 cm³/mol. The van der Waals surface area contributed by atoms with Gasteiger partial charge >= 0.3 is 0 Å². The molecule has 0 radical (unpaired) electrons. The summed E-state index contributed by atoms with van der Waals surface area (Å²) in [6.07, 6.45) is 8.19. The molecular weight excluding hydrogens is 414 g/mol. The maximum Gasteiger partial charge on any atom is 0.231 e. The van der Waals surface area contributed by atoms with Gasteiger partial charge in [0.25, 0.3) is 0 Å². The Labute approximate surface area is 197 Å². The fourth-order valence-electron chi connectivity index (χ4n) is 4.32. The van der Waals surface area contributed by atoms with Gasteiger partial charge in [-0.2, -0.15) is 0 Å². The number of hydrogen-bond acceptors (Lipinski definition) is 4. The Balaban J connectivity index is 1.84. The van der Waals surface area contributed by atoms with Crippen molar-refractivity contribution in [2.75, 3.05) is 18.7 Å². The molecule has 2 N–H and O–H groups in total. The first-order valence-corrected chi connectivity index (χ1v) is 11.9. The molecule has 3 rings (SSSR count). The van der Waals surface area contributed by atoms with E-state index in [2.05, 4.69) is 45.1 Å². The highest BCUT2D eigenvalue weighted by Gasteiger charge is 2.26. The molecule has 0 saturated carbocycles. The summed E-state index contributed by atoms with van der Waals surface area (Å²) in [5.74, 6) is 1.58. The smallest absolute Gasteiger partial charge is 0.231 e. The van der Waals surface area contributed by atoms with Crippen LogP contribution in [0.5, 0.6) is 11.5 Å². The van der Waals surface area contributed by atoms with Crippen molar-refractivity contribution in [1.82, 2.24) is 0 Å². The van der Waals surface area contributed by atoms with Gasteiger partial charge in [0, 0.05) is 17.7 Å². The number of ether oxygens (including phenoxy) is 2. The zero-order chi connectivity index (χ0) is 23.8. The number of unbranched alkanes of at least 4 members (excludes halogenated alkanes) is 2. The lowest BCUT2D eigenvalue weighted by Gasteiger charge is -2.24. The molecule has 0 bridgehead atoms. The number of anilines is 1. The molecule has 1 atom stereocenters. The topological polar surface area (TPSA) is 67.8 Å². The third kappa shape index (κ3) is 6.61. The molecule has 1 amide bonds. The first-order valence-electron chi connectivity index (χ1n) is 11.9. The molecular formula is C28H37NO4. The van der Waals surface area contributed by atoms with Crippen LogP contribution in [0.2, 0.25) is 0 Å². The molecule has 0 aromatic heterocycles. The van der Waals surface area contributed by atoms with Crippen LogP contribution in [0, 0.1) is 0 Å². The van der Waals surface area contributed by atoms with Crippen LogP contribution in [-0.2, 0) is 10.2 Å². The summed E-state index contributed by atoms with van der Waals surface area (Å²) < 4.78 is 11.3. The molecule has 5 heteroatoms. The predicted octanol–water partition coefficient (Wildman–Crippen LogP) is 6.41. The van der Waals surface area contributed by atoms with Gasteiger partial charge in [0.1, 0.15) is 0 Å². The molecule has 1 aliphatic rings. The van der Waals surface area contributed by atoms with Crippen LogP contribution in [-0.4, -0.2) is 24.4 Å². The summed E-state index contributed by atoms with van der Waals surface area (Å²) in [7, 11) is 0. The van der Waals surface area contributed by atoms with Crippen molar-refractivity contribution in [3.05, 3.63) is 59.2 Å². The second kappa shape index (κ2) is 11.4. The molecule has 1 unspecified atom stereocenters. The van der Waals surface area contributed by atoms with Crippen molar-refractivity contribution in [3.8, 4) is 11.5 Å². The highest BCUT2D eigenvalue weighted by atomic mass is 16.7. The van der Waals surface area contributed by atoms with Crippen LogP contribution < -0.4 is 14.8 Å². The minimum atomic E-state index is -0.117. The number of rotatable bonds is 10. The maximum atomic E-state index is 13.3. The number of benzene rings is 2. The number of carbonyl (C=O) groups is 1. The Morgan fingerprint density at radius 1 is 1.18 bits per heavy atom. The number of amides is 1. The number of nitrogens with one attached hydrogen (secondary N) is 1. The third-order valence-corrected chi connectivity index (χ3v) is 6.00. The number of aliphatic hydroxyl groups is 1. The van der Waals surface area contributed by atoms with Crippen molar-refractivity contribution in [2.24, 2.45) is 0 Å².